The number of aryl methyl sites for hydroxylation is 2. The van der Waals surface area contributed by atoms with E-state index in [1.165, 1.54) is 5.56 Å². The summed E-state index contributed by atoms with van der Waals surface area (Å²) >= 11 is 5.10. The van der Waals surface area contributed by atoms with Crippen LogP contribution in [0.4, 0.5) is 5.69 Å². The third-order valence-corrected chi connectivity index (χ3v) is 3.83. The largest absolute Gasteiger partial charge is 0.497 e. The van der Waals surface area contributed by atoms with E-state index in [1.54, 1.807) is 7.11 Å². The molecule has 0 radical (unpaired) electrons. The minimum Gasteiger partial charge on any atom is -0.497 e. The quantitative estimate of drug-likeness (QED) is 0.830. The molecule has 6 heteroatoms. The third kappa shape index (κ3) is 3.16. The first-order valence-corrected chi connectivity index (χ1v) is 7.05. The van der Waals surface area contributed by atoms with Crippen LogP contribution in [0.3, 0.4) is 0 Å². The third-order valence-electron chi connectivity index (χ3n) is 3.61. The number of benzene rings is 1. The normalized spacial score (nSPS) is 10.5. The molecule has 0 saturated carbocycles. The summed E-state index contributed by atoms with van der Waals surface area (Å²) in [6, 6.07) is 5.61. The Hall–Kier alpha value is -2.08. The van der Waals surface area contributed by atoms with Gasteiger partial charge in [0.1, 0.15) is 10.7 Å². The molecule has 0 saturated heterocycles. The van der Waals surface area contributed by atoms with Crippen LogP contribution in [-0.4, -0.2) is 21.9 Å². The summed E-state index contributed by atoms with van der Waals surface area (Å²) in [5.41, 5.74) is 10.8. The molecule has 0 aliphatic rings. The van der Waals surface area contributed by atoms with Crippen molar-refractivity contribution >= 4 is 22.9 Å². The Bertz CT molecular complexity index is 679. The summed E-state index contributed by atoms with van der Waals surface area (Å²) in [5, 5.41) is 7.80. The van der Waals surface area contributed by atoms with Gasteiger partial charge in [-0.2, -0.15) is 5.10 Å². The van der Waals surface area contributed by atoms with Crippen LogP contribution in [0.1, 0.15) is 22.5 Å². The first-order valence-electron chi connectivity index (χ1n) is 6.64. The molecule has 0 fully saturated rings. The highest BCUT2D eigenvalue weighted by atomic mass is 32.1. The Morgan fingerprint density at radius 2 is 2.14 bits per heavy atom. The molecule has 0 atom stereocenters. The lowest BCUT2D eigenvalue weighted by molar-refractivity contribution is 0.415. The van der Waals surface area contributed by atoms with Crippen LogP contribution in [0.15, 0.2) is 18.2 Å². The van der Waals surface area contributed by atoms with Gasteiger partial charge >= 0.3 is 0 Å². The zero-order valence-corrected chi connectivity index (χ0v) is 13.5. The monoisotopic (exact) mass is 304 g/mol. The fourth-order valence-electron chi connectivity index (χ4n) is 2.27. The van der Waals surface area contributed by atoms with Gasteiger partial charge < -0.3 is 15.8 Å². The van der Waals surface area contributed by atoms with Crippen molar-refractivity contribution in [2.75, 3.05) is 12.4 Å². The number of aromatic nitrogens is 2. The SMILES string of the molecule is COc1ccc(C(N)=S)c(NCc2c(C)nn(C)c2C)c1. The number of hydrogen-bond donors (Lipinski definition) is 2. The van der Waals surface area contributed by atoms with Gasteiger partial charge in [0.25, 0.3) is 0 Å². The van der Waals surface area contributed by atoms with Crippen LogP contribution in [0.5, 0.6) is 5.75 Å². The minimum absolute atomic E-state index is 0.361. The lowest BCUT2D eigenvalue weighted by Gasteiger charge is -2.13. The van der Waals surface area contributed by atoms with Crippen molar-refractivity contribution in [3.8, 4) is 5.75 Å². The Labute approximate surface area is 130 Å². The summed E-state index contributed by atoms with van der Waals surface area (Å²) < 4.78 is 7.13. The molecule has 0 amide bonds. The number of thiocarbonyl (C=S) groups is 1. The molecule has 0 unspecified atom stereocenters. The second-order valence-electron chi connectivity index (χ2n) is 4.90. The Balaban J connectivity index is 2.28. The van der Waals surface area contributed by atoms with Crippen molar-refractivity contribution in [3.05, 3.63) is 40.7 Å². The molecule has 1 aromatic heterocycles. The zero-order valence-electron chi connectivity index (χ0n) is 12.7. The van der Waals surface area contributed by atoms with Gasteiger partial charge in [-0.1, -0.05) is 12.2 Å². The maximum atomic E-state index is 5.77. The number of nitrogens with two attached hydrogens (primary N) is 1. The van der Waals surface area contributed by atoms with E-state index in [0.29, 0.717) is 11.5 Å². The fourth-order valence-corrected chi connectivity index (χ4v) is 2.45. The zero-order chi connectivity index (χ0) is 15.6. The van der Waals surface area contributed by atoms with E-state index in [0.717, 1.165) is 28.4 Å². The first-order chi connectivity index (χ1) is 9.93. The van der Waals surface area contributed by atoms with E-state index in [1.807, 2.05) is 36.9 Å². The minimum atomic E-state index is 0.361. The molecule has 0 aliphatic carbocycles. The lowest BCUT2D eigenvalue weighted by atomic mass is 10.1. The van der Waals surface area contributed by atoms with Crippen molar-refractivity contribution in [2.24, 2.45) is 12.8 Å². The molecule has 0 bridgehead atoms. The van der Waals surface area contributed by atoms with Crippen molar-refractivity contribution in [3.63, 3.8) is 0 Å². The first kappa shape index (κ1) is 15.3. The van der Waals surface area contributed by atoms with Crippen LogP contribution < -0.4 is 15.8 Å². The van der Waals surface area contributed by atoms with E-state index in [-0.39, 0.29) is 0 Å². The number of nitrogens with zero attached hydrogens (tertiary/aromatic N) is 2. The Morgan fingerprint density at radius 3 is 2.67 bits per heavy atom. The van der Waals surface area contributed by atoms with Crippen LogP contribution in [-0.2, 0) is 13.6 Å². The van der Waals surface area contributed by atoms with Crippen LogP contribution >= 0.6 is 12.2 Å². The van der Waals surface area contributed by atoms with E-state index in [2.05, 4.69) is 17.3 Å². The molecular weight excluding hydrogens is 284 g/mol. The maximum Gasteiger partial charge on any atom is 0.120 e. The van der Waals surface area contributed by atoms with E-state index in [9.17, 15) is 0 Å². The molecular formula is C15H20N4OS. The smallest absolute Gasteiger partial charge is 0.120 e. The van der Waals surface area contributed by atoms with Crippen LogP contribution in [0.25, 0.3) is 0 Å². The molecule has 0 aliphatic heterocycles. The van der Waals surface area contributed by atoms with E-state index in [4.69, 9.17) is 22.7 Å². The van der Waals surface area contributed by atoms with Gasteiger partial charge in [-0.25, -0.2) is 0 Å². The highest BCUT2D eigenvalue weighted by Crippen LogP contribution is 2.24. The maximum absolute atomic E-state index is 5.77. The van der Waals surface area contributed by atoms with Crippen molar-refractivity contribution in [1.29, 1.82) is 0 Å². The molecule has 3 N–H and O–H groups in total. The fraction of sp³-hybridized carbons (Fsp3) is 0.333. The Kier molecular flexibility index (Phi) is 4.47. The molecule has 0 spiro atoms. The average molecular weight is 304 g/mol. The topological polar surface area (TPSA) is 65.1 Å². The van der Waals surface area contributed by atoms with Crippen LogP contribution in [0.2, 0.25) is 0 Å². The number of hydrogen-bond acceptors (Lipinski definition) is 4. The number of ether oxygens (including phenoxy) is 1. The standard InChI is InChI=1S/C15H20N4OS/c1-9-13(10(2)19(3)18-9)8-17-14-7-11(20-4)5-6-12(14)15(16)21/h5-7,17H,8H2,1-4H3,(H2,16,21). The lowest BCUT2D eigenvalue weighted by Crippen LogP contribution is -2.13. The average Bonchev–Trinajstić information content (AvgIpc) is 2.69. The molecule has 2 rings (SSSR count). The van der Waals surface area contributed by atoms with Gasteiger partial charge in [0.15, 0.2) is 0 Å². The molecule has 112 valence electrons. The predicted molar refractivity (Wildman–Crippen MR) is 88.9 cm³/mol. The highest BCUT2D eigenvalue weighted by molar-refractivity contribution is 7.80. The second-order valence-corrected chi connectivity index (χ2v) is 5.34. The predicted octanol–water partition coefficient (Wildman–Crippen LogP) is 2.29. The van der Waals surface area contributed by atoms with Crippen LogP contribution in [0, 0.1) is 13.8 Å². The van der Waals surface area contributed by atoms with Crippen molar-refractivity contribution in [2.45, 2.75) is 20.4 Å². The summed E-state index contributed by atoms with van der Waals surface area (Å²) in [6.45, 7) is 4.72. The van der Waals surface area contributed by atoms with Gasteiger partial charge in [-0.15, -0.1) is 0 Å². The summed E-state index contributed by atoms with van der Waals surface area (Å²) in [7, 11) is 3.58. The molecule has 2 aromatic rings. The number of rotatable bonds is 5. The summed E-state index contributed by atoms with van der Waals surface area (Å²) in [6.07, 6.45) is 0. The van der Waals surface area contributed by atoms with Gasteiger partial charge in [0.2, 0.25) is 0 Å². The van der Waals surface area contributed by atoms with Crippen molar-refractivity contribution < 1.29 is 4.74 Å². The molecule has 1 aromatic carbocycles. The highest BCUT2D eigenvalue weighted by Gasteiger charge is 2.11. The summed E-state index contributed by atoms with van der Waals surface area (Å²) in [5.74, 6) is 0.761. The number of methoxy groups -OCH3 is 1. The van der Waals surface area contributed by atoms with Gasteiger partial charge in [0, 0.05) is 42.2 Å². The Morgan fingerprint density at radius 1 is 1.43 bits per heavy atom. The van der Waals surface area contributed by atoms with E-state index >= 15 is 0 Å². The van der Waals surface area contributed by atoms with E-state index < -0.39 is 0 Å². The van der Waals surface area contributed by atoms with Gasteiger partial charge in [-0.3, -0.25) is 4.68 Å². The van der Waals surface area contributed by atoms with Gasteiger partial charge in [-0.05, 0) is 26.0 Å². The number of nitrogens with one attached hydrogen (secondary N) is 1. The molecule has 5 nitrogen and oxygen atoms in total. The van der Waals surface area contributed by atoms with Gasteiger partial charge in [0.05, 0.1) is 12.8 Å². The molecule has 21 heavy (non-hydrogen) atoms. The van der Waals surface area contributed by atoms with Crippen molar-refractivity contribution in [1.82, 2.24) is 9.78 Å². The second kappa shape index (κ2) is 6.13. The summed E-state index contributed by atoms with van der Waals surface area (Å²) in [4.78, 5) is 0.361. The molecule has 1 heterocycles. The number of anilines is 1.